The van der Waals surface area contributed by atoms with Gasteiger partial charge < -0.3 is 5.32 Å². The number of nitrogens with one attached hydrogen (secondary N) is 1. The van der Waals surface area contributed by atoms with Crippen molar-refractivity contribution in [2.45, 2.75) is 24.7 Å². The maximum Gasteiger partial charge on any atom is 0.243 e. The van der Waals surface area contributed by atoms with Gasteiger partial charge in [0.15, 0.2) is 5.78 Å². The molecule has 2 aromatic rings. The van der Waals surface area contributed by atoms with Crippen molar-refractivity contribution in [3.8, 4) is 0 Å². The van der Waals surface area contributed by atoms with E-state index < -0.39 is 21.8 Å². The lowest BCUT2D eigenvalue weighted by molar-refractivity contribution is -0.120. The third-order valence-corrected chi connectivity index (χ3v) is 7.02. The minimum atomic E-state index is -3.77. The monoisotopic (exact) mass is 438 g/mol. The van der Waals surface area contributed by atoms with Gasteiger partial charge in [0.2, 0.25) is 15.9 Å². The van der Waals surface area contributed by atoms with Gasteiger partial charge in [0.1, 0.15) is 5.82 Å². The molecule has 1 aliphatic heterocycles. The summed E-state index contributed by atoms with van der Waals surface area (Å²) in [6.07, 6.45) is 0.610. The molecule has 0 aromatic heterocycles. The third kappa shape index (κ3) is 4.83. The molecule has 1 saturated heterocycles. The molecule has 0 unspecified atom stereocenters. The summed E-state index contributed by atoms with van der Waals surface area (Å²) in [7, 11) is -3.77. The van der Waals surface area contributed by atoms with Gasteiger partial charge in [-0.05, 0) is 50.1 Å². The maximum absolute atomic E-state index is 13.8. The first kappa shape index (κ1) is 21.4. The van der Waals surface area contributed by atoms with E-state index in [9.17, 15) is 22.4 Å². The van der Waals surface area contributed by atoms with E-state index in [-0.39, 0.29) is 35.4 Å². The minimum Gasteiger partial charge on any atom is -0.323 e. The predicted molar refractivity (Wildman–Crippen MR) is 108 cm³/mol. The summed E-state index contributed by atoms with van der Waals surface area (Å²) in [6.45, 7) is 1.68. The van der Waals surface area contributed by atoms with Gasteiger partial charge in [-0.3, -0.25) is 9.59 Å². The molecule has 1 N–H and O–H groups in total. The van der Waals surface area contributed by atoms with E-state index in [1.165, 1.54) is 47.6 Å². The van der Waals surface area contributed by atoms with Crippen molar-refractivity contribution in [3.05, 3.63) is 58.9 Å². The number of piperidine rings is 1. The summed E-state index contributed by atoms with van der Waals surface area (Å²) >= 11 is 5.83. The number of hydrogen-bond acceptors (Lipinski definition) is 4. The first-order valence-electron chi connectivity index (χ1n) is 9.05. The zero-order valence-corrected chi connectivity index (χ0v) is 17.3. The second kappa shape index (κ2) is 8.61. The molecule has 1 aliphatic rings. The Kier molecular flexibility index (Phi) is 6.36. The highest BCUT2D eigenvalue weighted by Gasteiger charge is 2.32. The third-order valence-electron chi connectivity index (χ3n) is 4.89. The molecule has 0 spiro atoms. The van der Waals surface area contributed by atoms with Crippen LogP contribution in [-0.4, -0.2) is 37.5 Å². The molecule has 6 nitrogen and oxygen atoms in total. The van der Waals surface area contributed by atoms with Gasteiger partial charge >= 0.3 is 0 Å². The second-order valence-corrected chi connectivity index (χ2v) is 9.25. The van der Waals surface area contributed by atoms with Crippen LogP contribution in [0.1, 0.15) is 30.1 Å². The molecular weight excluding hydrogens is 419 g/mol. The van der Waals surface area contributed by atoms with Crippen molar-refractivity contribution < 1.29 is 22.4 Å². The van der Waals surface area contributed by atoms with Crippen LogP contribution in [0.25, 0.3) is 0 Å². The summed E-state index contributed by atoms with van der Waals surface area (Å²) in [5.41, 5.74) is 0.322. The molecule has 0 radical (unpaired) electrons. The summed E-state index contributed by atoms with van der Waals surface area (Å²) in [6, 6.07) is 9.78. The summed E-state index contributed by atoms with van der Waals surface area (Å²) in [5, 5.41) is 2.82. The summed E-state index contributed by atoms with van der Waals surface area (Å²) < 4.78 is 40.8. The lowest BCUT2D eigenvalue weighted by atomic mass is 9.97. The Morgan fingerprint density at radius 3 is 2.48 bits per heavy atom. The maximum atomic E-state index is 13.8. The van der Waals surface area contributed by atoms with Gasteiger partial charge in [0.25, 0.3) is 0 Å². The van der Waals surface area contributed by atoms with Gasteiger partial charge in [0, 0.05) is 29.6 Å². The van der Waals surface area contributed by atoms with Crippen molar-refractivity contribution in [2.75, 3.05) is 18.4 Å². The van der Waals surface area contributed by atoms with Crippen LogP contribution in [0, 0.1) is 11.7 Å². The molecular formula is C20H20ClFN2O4S. The predicted octanol–water partition coefficient (Wildman–Crippen LogP) is 3.72. The Bertz CT molecular complexity index is 1050. The highest BCUT2D eigenvalue weighted by Crippen LogP contribution is 2.26. The number of rotatable bonds is 5. The number of sulfonamides is 1. The van der Waals surface area contributed by atoms with E-state index in [2.05, 4.69) is 5.32 Å². The van der Waals surface area contributed by atoms with Crippen LogP contribution in [-0.2, 0) is 14.8 Å². The molecule has 0 saturated carbocycles. The molecule has 0 aliphatic carbocycles. The fourth-order valence-corrected chi connectivity index (χ4v) is 4.90. The SMILES string of the molecule is CC(=O)c1cccc(S(=O)(=O)N2CCC(C(=O)Nc3cc(Cl)ccc3F)CC2)c1. The van der Waals surface area contributed by atoms with Gasteiger partial charge in [-0.25, -0.2) is 12.8 Å². The quantitative estimate of drug-likeness (QED) is 0.721. The number of carbonyl (C=O) groups is 2. The van der Waals surface area contributed by atoms with Crippen LogP contribution in [0.15, 0.2) is 47.4 Å². The lowest BCUT2D eigenvalue weighted by Crippen LogP contribution is -2.41. The largest absolute Gasteiger partial charge is 0.323 e. The number of benzene rings is 2. The summed E-state index contributed by atoms with van der Waals surface area (Å²) in [5.74, 6) is -1.62. The molecule has 1 fully saturated rings. The van der Waals surface area contributed by atoms with Crippen LogP contribution in [0.2, 0.25) is 5.02 Å². The zero-order chi connectivity index (χ0) is 21.2. The van der Waals surface area contributed by atoms with E-state index in [0.29, 0.717) is 23.4 Å². The number of halogens is 2. The van der Waals surface area contributed by atoms with E-state index in [0.717, 1.165) is 0 Å². The van der Waals surface area contributed by atoms with E-state index >= 15 is 0 Å². The molecule has 0 atom stereocenters. The van der Waals surface area contributed by atoms with E-state index in [4.69, 9.17) is 11.6 Å². The highest BCUT2D eigenvalue weighted by atomic mass is 35.5. The van der Waals surface area contributed by atoms with Crippen LogP contribution >= 0.6 is 11.6 Å². The van der Waals surface area contributed by atoms with Crippen LogP contribution in [0.3, 0.4) is 0 Å². The molecule has 2 aromatic carbocycles. The Labute approximate surface area is 173 Å². The Hall–Kier alpha value is -2.29. The fraction of sp³-hybridized carbons (Fsp3) is 0.300. The normalized spacial score (nSPS) is 15.8. The van der Waals surface area contributed by atoms with Gasteiger partial charge in [-0.15, -0.1) is 0 Å². The highest BCUT2D eigenvalue weighted by molar-refractivity contribution is 7.89. The minimum absolute atomic E-state index is 0.00130. The smallest absolute Gasteiger partial charge is 0.243 e. The van der Waals surface area contributed by atoms with Crippen LogP contribution in [0.4, 0.5) is 10.1 Å². The van der Waals surface area contributed by atoms with Crippen LogP contribution in [0.5, 0.6) is 0 Å². The topological polar surface area (TPSA) is 83.6 Å². The number of ketones is 1. The number of Topliss-reactive ketones (excluding diaryl/α,β-unsaturated/α-hetero) is 1. The first-order chi connectivity index (χ1) is 13.7. The summed E-state index contributed by atoms with van der Waals surface area (Å²) in [4.78, 5) is 24.0. The molecule has 0 bridgehead atoms. The number of carbonyl (C=O) groups excluding carboxylic acids is 2. The van der Waals surface area contributed by atoms with Crippen molar-refractivity contribution >= 4 is 39.0 Å². The molecule has 3 rings (SSSR count). The Balaban J connectivity index is 1.66. The van der Waals surface area contributed by atoms with E-state index in [1.807, 2.05) is 0 Å². The number of nitrogens with zero attached hydrogens (tertiary/aromatic N) is 1. The van der Waals surface area contributed by atoms with Gasteiger partial charge in [-0.2, -0.15) is 4.31 Å². The lowest BCUT2D eigenvalue weighted by Gasteiger charge is -2.30. The van der Waals surface area contributed by atoms with Crippen molar-refractivity contribution in [3.63, 3.8) is 0 Å². The molecule has 1 amide bonds. The molecule has 29 heavy (non-hydrogen) atoms. The number of anilines is 1. The Morgan fingerprint density at radius 2 is 1.83 bits per heavy atom. The standard InChI is InChI=1S/C20H20ClFN2O4S/c1-13(25)15-3-2-4-17(11-15)29(27,28)24-9-7-14(8-10-24)20(26)23-19-12-16(21)5-6-18(19)22/h2-6,11-12,14H,7-10H2,1H3,(H,23,26). The Morgan fingerprint density at radius 1 is 1.14 bits per heavy atom. The fourth-order valence-electron chi connectivity index (χ4n) is 3.21. The second-order valence-electron chi connectivity index (χ2n) is 6.88. The van der Waals surface area contributed by atoms with Gasteiger partial charge in [-0.1, -0.05) is 23.7 Å². The average Bonchev–Trinajstić information content (AvgIpc) is 2.71. The number of hydrogen-bond donors (Lipinski definition) is 1. The van der Waals surface area contributed by atoms with Crippen molar-refractivity contribution in [1.82, 2.24) is 4.31 Å². The van der Waals surface area contributed by atoms with Crippen molar-refractivity contribution in [1.29, 1.82) is 0 Å². The number of amides is 1. The van der Waals surface area contributed by atoms with Gasteiger partial charge in [0.05, 0.1) is 10.6 Å². The van der Waals surface area contributed by atoms with E-state index in [1.54, 1.807) is 6.07 Å². The molecule has 154 valence electrons. The average molecular weight is 439 g/mol. The van der Waals surface area contributed by atoms with Crippen molar-refractivity contribution in [2.24, 2.45) is 5.92 Å². The molecule has 9 heteroatoms. The first-order valence-corrected chi connectivity index (χ1v) is 10.9. The van der Waals surface area contributed by atoms with Crippen LogP contribution < -0.4 is 5.32 Å². The molecule has 1 heterocycles. The zero-order valence-electron chi connectivity index (χ0n) is 15.7.